The maximum absolute atomic E-state index is 12.4. The molecule has 0 aliphatic heterocycles. The molecule has 0 saturated carbocycles. The van der Waals surface area contributed by atoms with E-state index in [1.165, 1.54) is 30.4 Å². The summed E-state index contributed by atoms with van der Waals surface area (Å²) >= 11 is 0. The van der Waals surface area contributed by atoms with Gasteiger partial charge in [0.05, 0.1) is 0 Å². The van der Waals surface area contributed by atoms with Crippen molar-refractivity contribution in [3.05, 3.63) is 47.6 Å². The molecule has 0 spiro atoms. The third kappa shape index (κ3) is 13.3. The van der Waals surface area contributed by atoms with E-state index in [0.717, 1.165) is 38.5 Å². The van der Waals surface area contributed by atoms with Gasteiger partial charge in [-0.25, -0.2) is 4.79 Å². The maximum atomic E-state index is 12.4. The number of hydrogen-bond donors (Lipinski definition) is 0. The Morgan fingerprint density at radius 2 is 1.67 bits per heavy atom. The zero-order chi connectivity index (χ0) is 20.7. The number of hydrogen-bond acceptors (Lipinski definition) is 2. The van der Waals surface area contributed by atoms with Gasteiger partial charge in [-0.3, -0.25) is 0 Å². The highest BCUT2D eigenvalue weighted by atomic mass is 16.6. The lowest BCUT2D eigenvalue weighted by atomic mass is 9.98. The van der Waals surface area contributed by atoms with Gasteiger partial charge in [0.25, 0.3) is 0 Å². The molecule has 0 fully saturated rings. The monoisotopic (exact) mass is 374 g/mol. The van der Waals surface area contributed by atoms with Crippen molar-refractivity contribution in [1.82, 2.24) is 0 Å². The van der Waals surface area contributed by atoms with Crippen LogP contribution in [0.5, 0.6) is 0 Å². The Bertz CT molecular complexity index is 533. The number of carbonyl (C=O) groups is 1. The zero-order valence-electron chi connectivity index (χ0n) is 18.7. The molecule has 0 bridgehead atoms. The predicted molar refractivity (Wildman–Crippen MR) is 119 cm³/mol. The van der Waals surface area contributed by atoms with Crippen LogP contribution in [0, 0.1) is 0 Å². The van der Waals surface area contributed by atoms with Crippen molar-refractivity contribution in [2.75, 3.05) is 0 Å². The summed E-state index contributed by atoms with van der Waals surface area (Å²) in [5, 5.41) is 0. The van der Waals surface area contributed by atoms with Gasteiger partial charge in [0.15, 0.2) is 0 Å². The largest absolute Gasteiger partial charge is 0.452 e. The summed E-state index contributed by atoms with van der Waals surface area (Å²) in [6.07, 6.45) is 17.9. The Labute approximate surface area is 168 Å². The van der Waals surface area contributed by atoms with Crippen LogP contribution < -0.4 is 0 Å². The molecule has 0 aromatic carbocycles. The third-order valence-electron chi connectivity index (χ3n) is 4.81. The molecule has 0 radical (unpaired) electrons. The lowest BCUT2D eigenvalue weighted by molar-refractivity contribution is -0.149. The predicted octanol–water partition coefficient (Wildman–Crippen LogP) is 7.86. The van der Waals surface area contributed by atoms with Crippen LogP contribution in [0.1, 0.15) is 99.3 Å². The van der Waals surface area contributed by atoms with Gasteiger partial charge in [0.2, 0.25) is 0 Å². The number of ether oxygens (including phenoxy) is 1. The van der Waals surface area contributed by atoms with E-state index in [2.05, 4.69) is 46.4 Å². The molecule has 0 aromatic heterocycles. The van der Waals surface area contributed by atoms with Crippen LogP contribution in [-0.4, -0.2) is 11.6 Å². The highest BCUT2D eigenvalue weighted by Crippen LogP contribution is 2.22. The molecule has 27 heavy (non-hydrogen) atoms. The second-order valence-corrected chi connectivity index (χ2v) is 8.05. The summed E-state index contributed by atoms with van der Waals surface area (Å²) in [6.45, 7) is 16.3. The first kappa shape index (κ1) is 25.4. The molecule has 0 rings (SSSR count). The Morgan fingerprint density at radius 1 is 0.963 bits per heavy atom. The fourth-order valence-corrected chi connectivity index (χ4v) is 2.76. The summed E-state index contributed by atoms with van der Waals surface area (Å²) in [7, 11) is 0. The van der Waals surface area contributed by atoms with E-state index in [9.17, 15) is 4.79 Å². The van der Waals surface area contributed by atoms with Crippen molar-refractivity contribution in [3.63, 3.8) is 0 Å². The maximum Gasteiger partial charge on any atom is 0.334 e. The van der Waals surface area contributed by atoms with Gasteiger partial charge in [-0.1, -0.05) is 62.1 Å². The second kappa shape index (κ2) is 14.5. The van der Waals surface area contributed by atoms with E-state index in [1.54, 1.807) is 6.08 Å². The van der Waals surface area contributed by atoms with Crippen molar-refractivity contribution in [2.45, 2.75) is 105 Å². The zero-order valence-corrected chi connectivity index (χ0v) is 18.7. The minimum absolute atomic E-state index is 0.225. The number of esters is 1. The van der Waals surface area contributed by atoms with Gasteiger partial charge < -0.3 is 4.74 Å². The van der Waals surface area contributed by atoms with Crippen LogP contribution >= 0.6 is 0 Å². The van der Waals surface area contributed by atoms with Crippen molar-refractivity contribution in [1.29, 1.82) is 0 Å². The van der Waals surface area contributed by atoms with E-state index in [4.69, 9.17) is 4.74 Å². The molecule has 154 valence electrons. The lowest BCUT2D eigenvalue weighted by Gasteiger charge is -2.26. The van der Waals surface area contributed by atoms with Crippen LogP contribution in [0.2, 0.25) is 0 Å². The van der Waals surface area contributed by atoms with Crippen molar-refractivity contribution < 1.29 is 9.53 Å². The minimum atomic E-state index is -0.620. The van der Waals surface area contributed by atoms with Crippen LogP contribution in [0.4, 0.5) is 0 Å². The van der Waals surface area contributed by atoms with Crippen molar-refractivity contribution in [2.24, 2.45) is 0 Å². The van der Waals surface area contributed by atoms with Crippen molar-refractivity contribution in [3.8, 4) is 0 Å². The fraction of sp³-hybridized carbons (Fsp3) is 0.640. The Kier molecular flexibility index (Phi) is 13.6. The van der Waals surface area contributed by atoms with E-state index >= 15 is 0 Å². The summed E-state index contributed by atoms with van der Waals surface area (Å²) in [5.74, 6) is -0.225. The molecule has 2 heteroatoms. The van der Waals surface area contributed by atoms with Gasteiger partial charge in [0.1, 0.15) is 5.60 Å². The first-order valence-electron chi connectivity index (χ1n) is 10.6. The molecule has 1 unspecified atom stereocenters. The van der Waals surface area contributed by atoms with Gasteiger partial charge >= 0.3 is 5.97 Å². The molecule has 0 aliphatic rings. The van der Waals surface area contributed by atoms with E-state index in [0.29, 0.717) is 5.57 Å². The Hall–Kier alpha value is -1.57. The average molecular weight is 375 g/mol. The first-order chi connectivity index (χ1) is 12.7. The van der Waals surface area contributed by atoms with Gasteiger partial charge in [-0.2, -0.15) is 0 Å². The van der Waals surface area contributed by atoms with Crippen LogP contribution in [0.15, 0.2) is 47.6 Å². The third-order valence-corrected chi connectivity index (χ3v) is 4.81. The molecule has 0 N–H and O–H groups in total. The number of allylic oxidation sites excluding steroid dienone is 5. The lowest BCUT2D eigenvalue weighted by Crippen LogP contribution is -2.29. The smallest absolute Gasteiger partial charge is 0.334 e. The molecule has 0 amide bonds. The highest BCUT2D eigenvalue weighted by molar-refractivity contribution is 5.88. The highest BCUT2D eigenvalue weighted by Gasteiger charge is 2.24. The first-order valence-corrected chi connectivity index (χ1v) is 10.6. The minimum Gasteiger partial charge on any atom is -0.452 e. The molecule has 1 atom stereocenters. The average Bonchev–Trinajstić information content (AvgIpc) is 2.61. The normalized spacial score (nSPS) is 14.4. The molecule has 0 aromatic rings. The topological polar surface area (TPSA) is 26.3 Å². The summed E-state index contributed by atoms with van der Waals surface area (Å²) in [4.78, 5) is 12.4. The summed E-state index contributed by atoms with van der Waals surface area (Å²) < 4.78 is 5.76. The Balaban J connectivity index is 4.48. The van der Waals surface area contributed by atoms with E-state index in [-0.39, 0.29) is 5.97 Å². The van der Waals surface area contributed by atoms with Gasteiger partial charge in [-0.15, -0.1) is 0 Å². The van der Waals surface area contributed by atoms with Gasteiger partial charge in [-0.05, 0) is 79.2 Å². The second-order valence-electron chi connectivity index (χ2n) is 8.05. The summed E-state index contributed by atoms with van der Waals surface area (Å²) in [5.41, 5.74) is 2.83. The van der Waals surface area contributed by atoms with E-state index in [1.807, 2.05) is 19.9 Å². The standard InChI is InChI=1S/C25H42O2/c1-8-10-11-12-13-19-23(6)24(26)27-25(7,9-2)20-15-18-22(5)17-14-16-21(3)4/h9,16,18-19H,2,8,10-15,17,20H2,1,3-7H3/b22-18+,23-19+. The van der Waals surface area contributed by atoms with Gasteiger partial charge in [0, 0.05) is 5.57 Å². The molecule has 2 nitrogen and oxygen atoms in total. The molecule has 0 heterocycles. The summed E-state index contributed by atoms with van der Waals surface area (Å²) in [6, 6.07) is 0. The SMILES string of the molecule is C=CC(C)(CC/C=C(\C)CCC=C(C)C)OC(=O)/C(C)=C/CCCCCC. The fourth-order valence-electron chi connectivity index (χ4n) is 2.76. The molecule has 0 saturated heterocycles. The van der Waals surface area contributed by atoms with Crippen LogP contribution in [0.3, 0.4) is 0 Å². The van der Waals surface area contributed by atoms with Crippen LogP contribution in [-0.2, 0) is 9.53 Å². The Morgan fingerprint density at radius 3 is 2.26 bits per heavy atom. The number of rotatable bonds is 14. The number of carbonyl (C=O) groups excluding carboxylic acids is 1. The number of unbranched alkanes of at least 4 members (excludes halogenated alkanes) is 4. The molecular weight excluding hydrogens is 332 g/mol. The van der Waals surface area contributed by atoms with Crippen LogP contribution in [0.25, 0.3) is 0 Å². The van der Waals surface area contributed by atoms with Crippen molar-refractivity contribution >= 4 is 5.97 Å². The molecular formula is C25H42O2. The molecule has 0 aliphatic carbocycles. The van der Waals surface area contributed by atoms with E-state index < -0.39 is 5.60 Å². The quantitative estimate of drug-likeness (QED) is 0.134.